The van der Waals surface area contributed by atoms with Crippen molar-refractivity contribution < 1.29 is 14.3 Å². The number of nitrogens with one attached hydrogen (secondary N) is 1. The number of hydrogen-bond donors (Lipinski definition) is 2. The molecule has 0 bridgehead atoms. The molecule has 2 saturated heterocycles. The Morgan fingerprint density at radius 1 is 1.15 bits per heavy atom. The monoisotopic (exact) mass is 571 g/mol. The molecule has 0 aromatic heterocycles. The number of nitrogens with zero attached hydrogens (tertiary/aromatic N) is 3. The van der Waals surface area contributed by atoms with Gasteiger partial charge in [-0.3, -0.25) is 19.5 Å². The SMILES string of the molecule is CCOC(=O)C1CCN(C(=NC)NCc2cccc(CN3CCCC(C(N)=O)C3)c2)CC1.I. The Kier molecular flexibility index (Phi) is 11.4. The van der Waals surface area contributed by atoms with E-state index < -0.39 is 0 Å². The summed E-state index contributed by atoms with van der Waals surface area (Å²) in [6, 6.07) is 8.53. The minimum absolute atomic E-state index is 0. The van der Waals surface area contributed by atoms with E-state index in [1.807, 2.05) is 6.92 Å². The summed E-state index contributed by atoms with van der Waals surface area (Å²) in [7, 11) is 1.79. The summed E-state index contributed by atoms with van der Waals surface area (Å²) >= 11 is 0. The minimum Gasteiger partial charge on any atom is -0.466 e. The summed E-state index contributed by atoms with van der Waals surface area (Å²) in [4.78, 5) is 32.5. The van der Waals surface area contributed by atoms with Crippen molar-refractivity contribution in [3.63, 3.8) is 0 Å². The maximum atomic E-state index is 12.0. The zero-order chi connectivity index (χ0) is 22.9. The summed E-state index contributed by atoms with van der Waals surface area (Å²) in [6.07, 6.45) is 3.48. The maximum absolute atomic E-state index is 12.0. The Bertz CT molecular complexity index is 811. The van der Waals surface area contributed by atoms with Crippen molar-refractivity contribution in [3.05, 3.63) is 35.4 Å². The Balaban J connectivity index is 0.00000385. The van der Waals surface area contributed by atoms with E-state index in [0.29, 0.717) is 13.2 Å². The van der Waals surface area contributed by atoms with E-state index in [1.54, 1.807) is 7.05 Å². The first-order valence-electron chi connectivity index (χ1n) is 11.7. The van der Waals surface area contributed by atoms with Gasteiger partial charge in [0.05, 0.1) is 18.4 Å². The van der Waals surface area contributed by atoms with Gasteiger partial charge in [0.25, 0.3) is 0 Å². The molecular formula is C24H38IN5O3. The third-order valence-electron chi connectivity index (χ3n) is 6.38. The van der Waals surface area contributed by atoms with Gasteiger partial charge in [-0.2, -0.15) is 0 Å². The van der Waals surface area contributed by atoms with Gasteiger partial charge in [-0.1, -0.05) is 24.3 Å². The number of amides is 1. The second-order valence-electron chi connectivity index (χ2n) is 8.71. The second-order valence-corrected chi connectivity index (χ2v) is 8.71. The number of aliphatic imine (C=N–C) groups is 1. The first kappa shape index (κ1) is 27.4. The van der Waals surface area contributed by atoms with Crippen molar-refractivity contribution in [1.82, 2.24) is 15.1 Å². The van der Waals surface area contributed by atoms with Crippen LogP contribution in [0.1, 0.15) is 43.7 Å². The molecule has 0 saturated carbocycles. The summed E-state index contributed by atoms with van der Waals surface area (Å²) in [5.74, 6) is 0.543. The predicted octanol–water partition coefficient (Wildman–Crippen LogP) is 2.35. The van der Waals surface area contributed by atoms with E-state index in [-0.39, 0.29) is 47.7 Å². The van der Waals surface area contributed by atoms with E-state index in [4.69, 9.17) is 10.5 Å². The van der Waals surface area contributed by atoms with Gasteiger partial charge in [-0.15, -0.1) is 24.0 Å². The fourth-order valence-electron chi connectivity index (χ4n) is 4.63. The highest BCUT2D eigenvalue weighted by Gasteiger charge is 2.27. The lowest BCUT2D eigenvalue weighted by molar-refractivity contribution is -0.149. The number of guanidine groups is 1. The molecule has 33 heavy (non-hydrogen) atoms. The van der Waals surface area contributed by atoms with Crippen LogP contribution in [0.25, 0.3) is 0 Å². The van der Waals surface area contributed by atoms with E-state index in [2.05, 4.69) is 44.4 Å². The van der Waals surface area contributed by atoms with Crippen LogP contribution in [0.15, 0.2) is 29.3 Å². The number of esters is 1. The molecule has 1 aromatic carbocycles. The lowest BCUT2D eigenvalue weighted by atomic mass is 9.97. The van der Waals surface area contributed by atoms with Crippen LogP contribution >= 0.6 is 24.0 Å². The number of ether oxygens (including phenoxy) is 1. The Labute approximate surface area is 214 Å². The summed E-state index contributed by atoms with van der Waals surface area (Å²) < 4.78 is 5.16. The smallest absolute Gasteiger partial charge is 0.309 e. The number of rotatable bonds is 7. The molecule has 3 N–H and O–H groups in total. The van der Waals surface area contributed by atoms with Crippen LogP contribution in [0.4, 0.5) is 0 Å². The summed E-state index contributed by atoms with van der Waals surface area (Å²) in [5, 5.41) is 3.46. The maximum Gasteiger partial charge on any atom is 0.309 e. The van der Waals surface area contributed by atoms with Crippen LogP contribution in [0, 0.1) is 11.8 Å². The van der Waals surface area contributed by atoms with Crippen LogP contribution in [0.5, 0.6) is 0 Å². The lowest BCUT2D eigenvalue weighted by Gasteiger charge is -2.33. The molecule has 184 valence electrons. The Morgan fingerprint density at radius 3 is 2.55 bits per heavy atom. The summed E-state index contributed by atoms with van der Waals surface area (Å²) in [5.41, 5.74) is 7.94. The number of nitrogens with two attached hydrogens (primary N) is 1. The third kappa shape index (κ3) is 8.13. The zero-order valence-electron chi connectivity index (χ0n) is 19.8. The van der Waals surface area contributed by atoms with Gasteiger partial charge >= 0.3 is 5.97 Å². The van der Waals surface area contributed by atoms with E-state index in [0.717, 1.165) is 64.4 Å². The fourth-order valence-corrected chi connectivity index (χ4v) is 4.63. The first-order valence-corrected chi connectivity index (χ1v) is 11.7. The Hall–Kier alpha value is -1.88. The van der Waals surface area contributed by atoms with Gasteiger partial charge in [-0.25, -0.2) is 0 Å². The first-order chi connectivity index (χ1) is 15.5. The van der Waals surface area contributed by atoms with Crippen LogP contribution in [-0.4, -0.2) is 67.5 Å². The molecule has 0 radical (unpaired) electrons. The van der Waals surface area contributed by atoms with Crippen molar-refractivity contribution in [2.75, 3.05) is 39.8 Å². The number of piperidine rings is 2. The standard InChI is InChI=1S/C24H37N5O3.HI/c1-3-32-23(31)20-9-12-29(13-10-20)24(26-2)27-15-18-6-4-7-19(14-18)16-28-11-5-8-21(17-28)22(25)30;/h4,6-7,14,20-21H,3,5,8-13,15-17H2,1-2H3,(H2,25,30)(H,26,27);1H. The van der Waals surface area contributed by atoms with Crippen LogP contribution in [-0.2, 0) is 27.4 Å². The van der Waals surface area contributed by atoms with Gasteiger partial charge in [0, 0.05) is 39.8 Å². The van der Waals surface area contributed by atoms with Crippen LogP contribution < -0.4 is 11.1 Å². The predicted molar refractivity (Wildman–Crippen MR) is 140 cm³/mol. The van der Waals surface area contributed by atoms with Gasteiger partial charge in [0.15, 0.2) is 5.96 Å². The van der Waals surface area contributed by atoms with Crippen LogP contribution in [0.3, 0.4) is 0 Å². The summed E-state index contributed by atoms with van der Waals surface area (Å²) in [6.45, 7) is 7.12. The molecule has 2 aliphatic rings. The van der Waals surface area contributed by atoms with E-state index >= 15 is 0 Å². The van der Waals surface area contributed by atoms with E-state index in [9.17, 15) is 9.59 Å². The van der Waals surface area contributed by atoms with Crippen LogP contribution in [0.2, 0.25) is 0 Å². The fraction of sp³-hybridized carbons (Fsp3) is 0.625. The molecular weight excluding hydrogens is 533 g/mol. The van der Waals surface area contributed by atoms with Gasteiger partial charge in [0.2, 0.25) is 5.91 Å². The molecule has 0 aliphatic carbocycles. The normalized spacial score (nSPS) is 20.1. The molecule has 0 spiro atoms. The molecule has 2 heterocycles. The molecule has 3 rings (SSSR count). The largest absolute Gasteiger partial charge is 0.466 e. The molecule has 2 fully saturated rings. The zero-order valence-corrected chi connectivity index (χ0v) is 22.1. The number of carbonyl (C=O) groups excluding carboxylic acids is 2. The molecule has 1 atom stereocenters. The van der Waals surface area contributed by atoms with Gasteiger partial charge in [-0.05, 0) is 50.3 Å². The van der Waals surface area contributed by atoms with Crippen molar-refractivity contribution in [3.8, 4) is 0 Å². The quantitative estimate of drug-likeness (QED) is 0.226. The van der Waals surface area contributed by atoms with Crippen molar-refractivity contribution in [2.24, 2.45) is 22.6 Å². The number of hydrogen-bond acceptors (Lipinski definition) is 5. The molecule has 8 nitrogen and oxygen atoms in total. The minimum atomic E-state index is -0.190. The van der Waals surface area contributed by atoms with E-state index in [1.165, 1.54) is 11.1 Å². The number of primary amides is 1. The molecule has 1 aromatic rings. The topological polar surface area (TPSA) is 100 Å². The lowest BCUT2D eigenvalue weighted by Crippen LogP contribution is -2.46. The third-order valence-corrected chi connectivity index (χ3v) is 6.38. The number of carbonyl (C=O) groups is 2. The molecule has 1 amide bonds. The second kappa shape index (κ2) is 13.7. The molecule has 2 aliphatic heterocycles. The number of likely N-dealkylation sites (tertiary alicyclic amines) is 2. The number of halogens is 1. The van der Waals surface area contributed by atoms with Crippen molar-refractivity contribution >= 4 is 41.8 Å². The van der Waals surface area contributed by atoms with Crippen molar-refractivity contribution in [2.45, 2.75) is 45.7 Å². The Morgan fingerprint density at radius 2 is 1.88 bits per heavy atom. The number of benzene rings is 1. The molecule has 9 heteroatoms. The highest BCUT2D eigenvalue weighted by atomic mass is 127. The average molecular weight is 572 g/mol. The van der Waals surface area contributed by atoms with Gasteiger partial charge in [0.1, 0.15) is 0 Å². The van der Waals surface area contributed by atoms with Gasteiger partial charge < -0.3 is 20.7 Å². The molecule has 1 unspecified atom stereocenters. The highest BCUT2D eigenvalue weighted by molar-refractivity contribution is 14.0. The van der Waals surface area contributed by atoms with Crippen molar-refractivity contribution in [1.29, 1.82) is 0 Å². The average Bonchev–Trinajstić information content (AvgIpc) is 2.80. The highest BCUT2D eigenvalue weighted by Crippen LogP contribution is 2.20.